The van der Waals surface area contributed by atoms with Gasteiger partial charge in [-0.2, -0.15) is 4.98 Å². The Balaban J connectivity index is 0.00000176. The summed E-state index contributed by atoms with van der Waals surface area (Å²) in [6.45, 7) is 1.86. The average molecular weight is 395 g/mol. The number of benzene rings is 1. The SMILES string of the molecule is CNC1CCN(c2cc(-c3cccc(O)c3)nc(N)n2)C1.Cl.Cl.Cl. The first-order valence-corrected chi connectivity index (χ1v) is 7.02. The number of anilines is 2. The van der Waals surface area contributed by atoms with Gasteiger partial charge in [-0.25, -0.2) is 4.98 Å². The van der Waals surface area contributed by atoms with Crippen molar-refractivity contribution >= 4 is 49.0 Å². The molecule has 1 saturated heterocycles. The molecule has 1 aromatic carbocycles. The van der Waals surface area contributed by atoms with Crippen molar-refractivity contribution in [2.45, 2.75) is 12.5 Å². The van der Waals surface area contributed by atoms with Crippen molar-refractivity contribution in [2.75, 3.05) is 30.8 Å². The number of nitrogens with one attached hydrogen (secondary N) is 1. The normalized spacial score (nSPS) is 15.9. The van der Waals surface area contributed by atoms with Gasteiger partial charge < -0.3 is 21.1 Å². The lowest BCUT2D eigenvalue weighted by molar-refractivity contribution is 0.475. The van der Waals surface area contributed by atoms with E-state index in [0.29, 0.717) is 6.04 Å². The molecular weight excluding hydrogens is 373 g/mol. The van der Waals surface area contributed by atoms with E-state index >= 15 is 0 Å². The number of aromatic hydroxyl groups is 1. The van der Waals surface area contributed by atoms with Gasteiger partial charge in [0.05, 0.1) is 5.69 Å². The van der Waals surface area contributed by atoms with Crippen LogP contribution in [0.4, 0.5) is 11.8 Å². The summed E-state index contributed by atoms with van der Waals surface area (Å²) >= 11 is 0. The monoisotopic (exact) mass is 393 g/mol. The second-order valence-corrected chi connectivity index (χ2v) is 5.24. The summed E-state index contributed by atoms with van der Waals surface area (Å²) in [7, 11) is 1.97. The van der Waals surface area contributed by atoms with E-state index in [4.69, 9.17) is 5.73 Å². The standard InChI is InChI=1S/C15H19N5O.3ClH/c1-17-11-5-6-20(9-11)14-8-13(18-15(16)19-14)10-3-2-4-12(21)7-10;;;/h2-4,7-8,11,17,21H,5-6,9H2,1H3,(H2,16,18,19);3*1H. The van der Waals surface area contributed by atoms with Crippen molar-refractivity contribution in [3.63, 3.8) is 0 Å². The Morgan fingerprint density at radius 1 is 1.21 bits per heavy atom. The van der Waals surface area contributed by atoms with Crippen LogP contribution < -0.4 is 16.0 Å². The van der Waals surface area contributed by atoms with E-state index in [2.05, 4.69) is 20.2 Å². The first-order valence-electron chi connectivity index (χ1n) is 7.02. The summed E-state index contributed by atoms with van der Waals surface area (Å²) in [6.07, 6.45) is 1.09. The third kappa shape index (κ3) is 5.01. The van der Waals surface area contributed by atoms with Crippen molar-refractivity contribution in [3.8, 4) is 17.0 Å². The number of nitrogens with two attached hydrogens (primary N) is 1. The Kier molecular flexibility index (Phi) is 9.14. The van der Waals surface area contributed by atoms with Crippen molar-refractivity contribution in [3.05, 3.63) is 30.3 Å². The number of aromatic nitrogens is 2. The fraction of sp³-hybridized carbons (Fsp3) is 0.333. The second-order valence-electron chi connectivity index (χ2n) is 5.24. The Bertz CT molecular complexity index is 659. The molecule has 3 rings (SSSR count). The molecule has 1 aliphatic rings. The molecule has 9 heteroatoms. The zero-order chi connectivity index (χ0) is 14.8. The fourth-order valence-corrected chi connectivity index (χ4v) is 2.63. The Morgan fingerprint density at radius 2 is 1.96 bits per heavy atom. The zero-order valence-electron chi connectivity index (χ0n) is 13.2. The van der Waals surface area contributed by atoms with Crippen LogP contribution in [0.25, 0.3) is 11.3 Å². The van der Waals surface area contributed by atoms with Gasteiger partial charge >= 0.3 is 0 Å². The molecule has 0 amide bonds. The first kappa shape index (κ1) is 22.5. The van der Waals surface area contributed by atoms with Crippen LogP contribution in [0, 0.1) is 0 Å². The number of phenolic OH excluding ortho intramolecular Hbond substituents is 1. The number of hydrogen-bond donors (Lipinski definition) is 3. The van der Waals surface area contributed by atoms with Gasteiger partial charge in [-0.3, -0.25) is 0 Å². The number of rotatable bonds is 3. The summed E-state index contributed by atoms with van der Waals surface area (Å²) in [5.41, 5.74) is 7.39. The summed E-state index contributed by atoms with van der Waals surface area (Å²) in [6, 6.07) is 9.38. The van der Waals surface area contributed by atoms with Crippen molar-refractivity contribution in [2.24, 2.45) is 0 Å². The molecule has 6 nitrogen and oxygen atoms in total. The summed E-state index contributed by atoms with van der Waals surface area (Å²) in [5, 5.41) is 12.9. The van der Waals surface area contributed by atoms with Crippen LogP contribution >= 0.6 is 37.2 Å². The van der Waals surface area contributed by atoms with Gasteiger partial charge in [0.2, 0.25) is 5.95 Å². The minimum Gasteiger partial charge on any atom is -0.508 e. The molecule has 4 N–H and O–H groups in total. The third-order valence-corrected chi connectivity index (χ3v) is 3.79. The van der Waals surface area contributed by atoms with E-state index < -0.39 is 0 Å². The van der Waals surface area contributed by atoms with Crippen LogP contribution in [-0.4, -0.2) is 41.3 Å². The van der Waals surface area contributed by atoms with E-state index in [0.717, 1.165) is 36.6 Å². The Morgan fingerprint density at radius 3 is 2.58 bits per heavy atom. The number of hydrogen-bond acceptors (Lipinski definition) is 6. The largest absolute Gasteiger partial charge is 0.508 e. The molecule has 0 bridgehead atoms. The second kappa shape index (κ2) is 9.74. The molecule has 24 heavy (non-hydrogen) atoms. The highest BCUT2D eigenvalue weighted by Crippen LogP contribution is 2.26. The maximum absolute atomic E-state index is 9.60. The van der Waals surface area contributed by atoms with Crippen molar-refractivity contribution in [1.29, 1.82) is 0 Å². The van der Waals surface area contributed by atoms with Crippen LogP contribution in [-0.2, 0) is 0 Å². The quantitative estimate of drug-likeness (QED) is 0.741. The summed E-state index contributed by atoms with van der Waals surface area (Å²) in [4.78, 5) is 10.8. The molecular formula is C15H22Cl3N5O. The zero-order valence-corrected chi connectivity index (χ0v) is 15.6. The molecule has 1 aliphatic heterocycles. The van der Waals surface area contributed by atoms with Crippen molar-refractivity contribution < 1.29 is 5.11 Å². The van der Waals surface area contributed by atoms with E-state index in [9.17, 15) is 5.11 Å². The molecule has 134 valence electrons. The number of phenols is 1. The van der Waals surface area contributed by atoms with E-state index in [1.165, 1.54) is 0 Å². The lowest BCUT2D eigenvalue weighted by atomic mass is 10.1. The van der Waals surface area contributed by atoms with Crippen molar-refractivity contribution in [1.82, 2.24) is 15.3 Å². The van der Waals surface area contributed by atoms with Gasteiger partial charge in [0.25, 0.3) is 0 Å². The highest BCUT2D eigenvalue weighted by Gasteiger charge is 2.22. The predicted molar refractivity (Wildman–Crippen MR) is 105 cm³/mol. The van der Waals surface area contributed by atoms with Crippen LogP contribution in [0.1, 0.15) is 6.42 Å². The van der Waals surface area contributed by atoms with Crippen LogP contribution in [0.3, 0.4) is 0 Å². The van der Waals surface area contributed by atoms with E-state index in [1.54, 1.807) is 18.2 Å². The van der Waals surface area contributed by atoms with Gasteiger partial charge in [-0.15, -0.1) is 37.2 Å². The molecule has 0 aliphatic carbocycles. The molecule has 1 atom stereocenters. The molecule has 1 fully saturated rings. The Hall–Kier alpha value is -1.47. The fourth-order valence-electron chi connectivity index (χ4n) is 2.63. The van der Waals surface area contributed by atoms with E-state index in [-0.39, 0.29) is 48.9 Å². The molecule has 2 aromatic rings. The number of halogens is 3. The smallest absolute Gasteiger partial charge is 0.222 e. The maximum atomic E-state index is 9.60. The topological polar surface area (TPSA) is 87.3 Å². The minimum atomic E-state index is 0. The highest BCUT2D eigenvalue weighted by atomic mass is 35.5. The molecule has 1 unspecified atom stereocenters. The van der Waals surface area contributed by atoms with E-state index in [1.807, 2.05) is 19.2 Å². The van der Waals surface area contributed by atoms with Gasteiger partial charge in [-0.05, 0) is 25.6 Å². The highest BCUT2D eigenvalue weighted by molar-refractivity contribution is 5.86. The molecule has 1 aromatic heterocycles. The van der Waals surface area contributed by atoms with Gasteiger partial charge in [0, 0.05) is 30.8 Å². The van der Waals surface area contributed by atoms with Crippen LogP contribution in [0.2, 0.25) is 0 Å². The average Bonchev–Trinajstić information content (AvgIpc) is 2.95. The molecule has 0 saturated carbocycles. The van der Waals surface area contributed by atoms with Gasteiger partial charge in [0.1, 0.15) is 11.6 Å². The Labute approximate surface area is 160 Å². The number of likely N-dealkylation sites (N-methyl/N-ethyl adjacent to an activating group) is 1. The predicted octanol–water partition coefficient (Wildman–Crippen LogP) is 2.49. The van der Waals surface area contributed by atoms with Crippen LogP contribution in [0.15, 0.2) is 30.3 Å². The van der Waals surface area contributed by atoms with Gasteiger partial charge in [0.15, 0.2) is 0 Å². The summed E-state index contributed by atoms with van der Waals surface area (Å²) in [5.74, 6) is 1.29. The minimum absolute atomic E-state index is 0. The molecule has 0 radical (unpaired) electrons. The van der Waals surface area contributed by atoms with Gasteiger partial charge in [-0.1, -0.05) is 12.1 Å². The third-order valence-electron chi connectivity index (χ3n) is 3.79. The number of nitrogen functional groups attached to an aromatic ring is 1. The maximum Gasteiger partial charge on any atom is 0.222 e. The lowest BCUT2D eigenvalue weighted by Gasteiger charge is -2.18. The molecule has 0 spiro atoms. The number of nitrogens with zero attached hydrogens (tertiary/aromatic N) is 3. The lowest BCUT2D eigenvalue weighted by Crippen LogP contribution is -2.30. The summed E-state index contributed by atoms with van der Waals surface area (Å²) < 4.78 is 0. The van der Waals surface area contributed by atoms with Crippen LogP contribution in [0.5, 0.6) is 5.75 Å². The first-order chi connectivity index (χ1) is 10.2. The molecule has 2 heterocycles.